The van der Waals surface area contributed by atoms with Crippen LogP contribution in [-0.2, 0) is 0 Å². The van der Waals surface area contributed by atoms with E-state index >= 15 is 0 Å². The van der Waals surface area contributed by atoms with E-state index in [0.717, 1.165) is 25.9 Å². The highest BCUT2D eigenvalue weighted by atomic mass is 32.1. The van der Waals surface area contributed by atoms with Gasteiger partial charge in [-0.1, -0.05) is 0 Å². The molecule has 100 valence electrons. The summed E-state index contributed by atoms with van der Waals surface area (Å²) in [6, 6.07) is 1.85. The second-order valence-corrected chi connectivity index (χ2v) is 5.57. The van der Waals surface area contributed by atoms with Gasteiger partial charge in [0.1, 0.15) is 10.6 Å². The summed E-state index contributed by atoms with van der Waals surface area (Å²) in [7, 11) is 1.60. The van der Waals surface area contributed by atoms with Gasteiger partial charge in [-0.2, -0.15) is 0 Å². The largest absolute Gasteiger partial charge is 0.495 e. The molecule has 1 unspecified atom stereocenters. The first-order valence-electron chi connectivity index (χ1n) is 6.37. The molecule has 0 bridgehead atoms. The van der Waals surface area contributed by atoms with Crippen molar-refractivity contribution < 1.29 is 9.53 Å². The molecular weight excluding hydrogens is 248 g/mol. The Hall–Kier alpha value is -1.07. The van der Waals surface area contributed by atoms with Gasteiger partial charge in [0.05, 0.1) is 7.11 Å². The second kappa shape index (κ2) is 6.20. The number of likely N-dealkylation sites (tertiary alicyclic amines) is 1. The lowest BCUT2D eigenvalue weighted by molar-refractivity contribution is 0.0671. The van der Waals surface area contributed by atoms with Crippen LogP contribution >= 0.6 is 11.3 Å². The zero-order valence-electron chi connectivity index (χ0n) is 10.7. The number of hydrogen-bond donors (Lipinski definition) is 1. The number of nitrogens with two attached hydrogens (primary N) is 1. The van der Waals surface area contributed by atoms with Crippen LogP contribution in [0.5, 0.6) is 5.75 Å². The number of carbonyl (C=O) groups is 1. The van der Waals surface area contributed by atoms with E-state index in [4.69, 9.17) is 10.5 Å². The van der Waals surface area contributed by atoms with E-state index in [2.05, 4.69) is 0 Å². The number of hydrogen-bond acceptors (Lipinski definition) is 4. The van der Waals surface area contributed by atoms with Crippen LogP contribution < -0.4 is 10.5 Å². The summed E-state index contributed by atoms with van der Waals surface area (Å²) >= 11 is 1.45. The fraction of sp³-hybridized carbons (Fsp3) is 0.615. The maximum Gasteiger partial charge on any atom is 0.267 e. The molecule has 2 rings (SSSR count). The first kappa shape index (κ1) is 13.4. The van der Waals surface area contributed by atoms with E-state index in [9.17, 15) is 4.79 Å². The molecule has 0 saturated carbocycles. The summed E-state index contributed by atoms with van der Waals surface area (Å²) in [6.07, 6.45) is 3.26. The summed E-state index contributed by atoms with van der Waals surface area (Å²) in [5, 5.41) is 1.90. The molecule has 0 radical (unpaired) electrons. The van der Waals surface area contributed by atoms with E-state index in [1.165, 1.54) is 17.8 Å². The van der Waals surface area contributed by atoms with Crippen LogP contribution in [0.3, 0.4) is 0 Å². The predicted octanol–water partition coefficient (Wildman–Crippen LogP) is 1.96. The van der Waals surface area contributed by atoms with E-state index in [0.29, 0.717) is 23.1 Å². The Bertz CT molecular complexity index is 403. The minimum absolute atomic E-state index is 0.101. The molecule has 0 aromatic carbocycles. The van der Waals surface area contributed by atoms with Crippen molar-refractivity contribution in [3.63, 3.8) is 0 Å². The summed E-state index contributed by atoms with van der Waals surface area (Å²) in [5.41, 5.74) is 5.60. The number of amides is 1. The highest BCUT2D eigenvalue weighted by Gasteiger charge is 2.26. The fourth-order valence-corrected chi connectivity index (χ4v) is 3.30. The van der Waals surface area contributed by atoms with E-state index in [1.807, 2.05) is 16.3 Å². The molecule has 0 spiro atoms. The molecule has 0 aliphatic carbocycles. The smallest absolute Gasteiger partial charge is 0.267 e. The Labute approximate surface area is 112 Å². The standard InChI is InChI=1S/C13H20N2O2S/c1-17-11-5-8-18-12(11)13(16)15-7-2-3-10(9-15)4-6-14/h5,8,10H,2-4,6-7,9,14H2,1H3. The lowest BCUT2D eigenvalue weighted by Gasteiger charge is -2.32. The van der Waals surface area contributed by atoms with Crippen molar-refractivity contribution in [3.05, 3.63) is 16.3 Å². The molecule has 5 heteroatoms. The van der Waals surface area contributed by atoms with Crippen LogP contribution in [0.4, 0.5) is 0 Å². The van der Waals surface area contributed by atoms with Crippen molar-refractivity contribution in [3.8, 4) is 5.75 Å². The first-order chi connectivity index (χ1) is 8.76. The van der Waals surface area contributed by atoms with Crippen LogP contribution in [-0.4, -0.2) is 37.6 Å². The van der Waals surface area contributed by atoms with Crippen LogP contribution in [0.1, 0.15) is 28.9 Å². The number of nitrogens with zero attached hydrogens (tertiary/aromatic N) is 1. The van der Waals surface area contributed by atoms with Gasteiger partial charge in [-0.25, -0.2) is 0 Å². The fourth-order valence-electron chi connectivity index (χ4n) is 2.48. The van der Waals surface area contributed by atoms with Crippen molar-refractivity contribution in [1.29, 1.82) is 0 Å². The molecule has 1 aromatic rings. The average molecular weight is 268 g/mol. The van der Waals surface area contributed by atoms with Gasteiger partial charge in [0.2, 0.25) is 0 Å². The van der Waals surface area contributed by atoms with Crippen molar-refractivity contribution in [2.45, 2.75) is 19.3 Å². The van der Waals surface area contributed by atoms with Gasteiger partial charge in [0, 0.05) is 13.1 Å². The quantitative estimate of drug-likeness (QED) is 0.908. The van der Waals surface area contributed by atoms with Gasteiger partial charge in [0.15, 0.2) is 0 Å². The molecule has 1 amide bonds. The minimum atomic E-state index is 0.101. The summed E-state index contributed by atoms with van der Waals surface area (Å²) in [4.78, 5) is 15.1. The lowest BCUT2D eigenvalue weighted by atomic mass is 9.95. The lowest BCUT2D eigenvalue weighted by Crippen LogP contribution is -2.40. The van der Waals surface area contributed by atoms with Gasteiger partial charge < -0.3 is 15.4 Å². The number of ether oxygens (including phenoxy) is 1. The van der Waals surface area contributed by atoms with Gasteiger partial charge in [-0.3, -0.25) is 4.79 Å². The molecule has 2 heterocycles. The van der Waals surface area contributed by atoms with Crippen LogP contribution in [0.2, 0.25) is 0 Å². The zero-order valence-corrected chi connectivity index (χ0v) is 11.5. The van der Waals surface area contributed by atoms with Gasteiger partial charge >= 0.3 is 0 Å². The maximum absolute atomic E-state index is 12.4. The minimum Gasteiger partial charge on any atom is -0.495 e. The molecule has 1 aliphatic heterocycles. The maximum atomic E-state index is 12.4. The highest BCUT2D eigenvalue weighted by molar-refractivity contribution is 7.12. The molecule has 1 aliphatic rings. The van der Waals surface area contributed by atoms with Crippen LogP contribution in [0.15, 0.2) is 11.4 Å². The van der Waals surface area contributed by atoms with Crippen molar-refractivity contribution in [2.75, 3.05) is 26.7 Å². The monoisotopic (exact) mass is 268 g/mol. The van der Waals surface area contributed by atoms with E-state index < -0.39 is 0 Å². The molecule has 4 nitrogen and oxygen atoms in total. The van der Waals surface area contributed by atoms with Gasteiger partial charge in [-0.15, -0.1) is 11.3 Å². The topological polar surface area (TPSA) is 55.6 Å². The van der Waals surface area contributed by atoms with E-state index in [1.54, 1.807) is 7.11 Å². The van der Waals surface area contributed by atoms with Crippen molar-refractivity contribution in [2.24, 2.45) is 11.7 Å². The average Bonchev–Trinajstić information content (AvgIpc) is 2.87. The normalized spacial score (nSPS) is 19.9. The van der Waals surface area contributed by atoms with Crippen molar-refractivity contribution in [1.82, 2.24) is 4.90 Å². The number of rotatable bonds is 4. The summed E-state index contributed by atoms with van der Waals surface area (Å²) < 4.78 is 5.21. The molecule has 18 heavy (non-hydrogen) atoms. The molecular formula is C13H20N2O2S. The predicted molar refractivity (Wildman–Crippen MR) is 73.2 cm³/mol. The Kier molecular flexibility index (Phi) is 4.60. The third kappa shape index (κ3) is 2.84. The van der Waals surface area contributed by atoms with Crippen LogP contribution in [0.25, 0.3) is 0 Å². The molecule has 2 N–H and O–H groups in total. The number of carbonyl (C=O) groups excluding carboxylic acids is 1. The first-order valence-corrected chi connectivity index (χ1v) is 7.25. The number of methoxy groups -OCH3 is 1. The van der Waals surface area contributed by atoms with Gasteiger partial charge in [-0.05, 0) is 43.2 Å². The van der Waals surface area contributed by atoms with Gasteiger partial charge in [0.25, 0.3) is 5.91 Å². The SMILES string of the molecule is COc1ccsc1C(=O)N1CCCC(CCN)C1. The molecule has 1 atom stereocenters. The highest BCUT2D eigenvalue weighted by Crippen LogP contribution is 2.28. The second-order valence-electron chi connectivity index (χ2n) is 4.65. The summed E-state index contributed by atoms with van der Waals surface area (Å²) in [5.74, 6) is 1.34. The molecule has 1 fully saturated rings. The molecule has 1 aromatic heterocycles. The Morgan fingerprint density at radius 2 is 2.50 bits per heavy atom. The third-order valence-corrected chi connectivity index (χ3v) is 4.31. The third-order valence-electron chi connectivity index (χ3n) is 3.42. The Balaban J connectivity index is 2.04. The Morgan fingerprint density at radius 3 is 3.22 bits per heavy atom. The number of thiophene rings is 1. The van der Waals surface area contributed by atoms with Crippen molar-refractivity contribution >= 4 is 17.2 Å². The van der Waals surface area contributed by atoms with E-state index in [-0.39, 0.29) is 5.91 Å². The van der Waals surface area contributed by atoms with Crippen LogP contribution in [0, 0.1) is 5.92 Å². The zero-order chi connectivity index (χ0) is 13.0. The Morgan fingerprint density at radius 1 is 1.67 bits per heavy atom. The summed E-state index contributed by atoms with van der Waals surface area (Å²) in [6.45, 7) is 2.38. The number of piperidine rings is 1. The molecule has 1 saturated heterocycles.